The molecule has 4 amide bonds. The fourth-order valence-corrected chi connectivity index (χ4v) is 7.16. The van der Waals surface area contributed by atoms with E-state index < -0.39 is 0 Å². The van der Waals surface area contributed by atoms with Gasteiger partial charge in [-0.05, 0) is 98.1 Å². The van der Waals surface area contributed by atoms with Crippen molar-refractivity contribution in [1.82, 2.24) is 14.7 Å². The minimum Gasteiger partial charge on any atom is -0.306 e. The summed E-state index contributed by atoms with van der Waals surface area (Å²) in [5.41, 5.74) is 4.78. The first-order valence-electron chi connectivity index (χ1n) is 14.0. The number of benzene rings is 4. The van der Waals surface area contributed by atoms with Gasteiger partial charge in [-0.2, -0.15) is 0 Å². The first-order valence-corrected chi connectivity index (χ1v) is 14.8. The van der Waals surface area contributed by atoms with E-state index in [0.717, 1.165) is 33.5 Å². The van der Waals surface area contributed by atoms with Crippen molar-refractivity contribution in [2.24, 2.45) is 0 Å². The van der Waals surface area contributed by atoms with Gasteiger partial charge in [-0.3, -0.25) is 29.0 Å². The number of imide groups is 2. The third-order valence-electron chi connectivity index (χ3n) is 8.73. The lowest BCUT2D eigenvalue weighted by atomic mass is 9.91. The third-order valence-corrected chi connectivity index (χ3v) is 9.42. The van der Waals surface area contributed by atoms with Gasteiger partial charge in [0.2, 0.25) is 0 Å². The summed E-state index contributed by atoms with van der Waals surface area (Å²) in [6.45, 7) is 2.01. The molecule has 0 unspecified atom stereocenters. The predicted octanol–water partition coefficient (Wildman–Crippen LogP) is 5.46. The molecule has 8 heteroatoms. The van der Waals surface area contributed by atoms with Crippen LogP contribution in [0.25, 0.3) is 21.5 Å². The number of nitrogens with zero attached hydrogens (tertiary/aromatic N) is 3. The number of aryl methyl sites for hydroxylation is 2. The molecular formula is C33H28BrN3O4. The second-order valence-corrected chi connectivity index (χ2v) is 12.0. The van der Waals surface area contributed by atoms with Crippen molar-refractivity contribution in [3.8, 4) is 0 Å². The lowest BCUT2D eigenvalue weighted by Crippen LogP contribution is -2.42. The van der Waals surface area contributed by atoms with E-state index in [1.165, 1.54) is 20.9 Å². The number of hydrogen-bond donors (Lipinski definition) is 0. The van der Waals surface area contributed by atoms with E-state index in [2.05, 4.69) is 20.8 Å². The van der Waals surface area contributed by atoms with E-state index in [1.54, 1.807) is 12.1 Å². The summed E-state index contributed by atoms with van der Waals surface area (Å²) >= 11 is 3.52. The number of amides is 4. The molecule has 0 spiro atoms. The minimum absolute atomic E-state index is 0.217. The van der Waals surface area contributed by atoms with Crippen LogP contribution in [-0.2, 0) is 12.8 Å². The molecule has 206 valence electrons. The molecule has 3 aliphatic rings. The zero-order chi connectivity index (χ0) is 28.4. The van der Waals surface area contributed by atoms with Crippen molar-refractivity contribution in [2.45, 2.75) is 25.7 Å². The van der Waals surface area contributed by atoms with E-state index in [1.807, 2.05) is 49.5 Å². The van der Waals surface area contributed by atoms with Crippen LogP contribution in [0.4, 0.5) is 0 Å². The summed E-state index contributed by atoms with van der Waals surface area (Å²) in [5, 5.41) is 3.49. The minimum atomic E-state index is -0.263. The average molecular weight is 611 g/mol. The summed E-state index contributed by atoms with van der Waals surface area (Å²) in [6, 6.07) is 17.0. The second kappa shape index (κ2) is 9.89. The van der Waals surface area contributed by atoms with Crippen LogP contribution in [0.2, 0.25) is 0 Å². The Morgan fingerprint density at radius 1 is 0.634 bits per heavy atom. The predicted molar refractivity (Wildman–Crippen MR) is 160 cm³/mol. The fraction of sp³-hybridized carbons (Fsp3) is 0.273. The van der Waals surface area contributed by atoms with Crippen LogP contribution in [-0.4, -0.2) is 71.6 Å². The van der Waals surface area contributed by atoms with Crippen molar-refractivity contribution in [3.63, 3.8) is 0 Å². The molecule has 0 bridgehead atoms. The van der Waals surface area contributed by atoms with Crippen LogP contribution >= 0.6 is 15.9 Å². The highest BCUT2D eigenvalue weighted by atomic mass is 79.9. The Morgan fingerprint density at radius 3 is 1.68 bits per heavy atom. The maximum atomic E-state index is 13.3. The zero-order valence-corrected chi connectivity index (χ0v) is 24.3. The molecule has 41 heavy (non-hydrogen) atoms. The number of carbonyl (C=O) groups excluding carboxylic acids is 4. The van der Waals surface area contributed by atoms with Crippen LogP contribution in [0.5, 0.6) is 0 Å². The first kappa shape index (κ1) is 26.0. The van der Waals surface area contributed by atoms with Gasteiger partial charge in [0, 0.05) is 50.6 Å². The fourth-order valence-electron chi connectivity index (χ4n) is 6.69. The molecule has 7 rings (SSSR count). The van der Waals surface area contributed by atoms with Crippen LogP contribution in [0, 0.1) is 0 Å². The Balaban J connectivity index is 0.964. The summed E-state index contributed by atoms with van der Waals surface area (Å²) in [7, 11) is 1.97. The number of hydrogen-bond acceptors (Lipinski definition) is 5. The normalized spacial score (nSPS) is 15.8. The SMILES string of the molecule is CN(CCCN1C(=O)c2cccc3c(Br)ccc(c23)C1=O)CCCN1C(=O)c2ccc3c4c(ccc(c24)C1=O)CC3. The van der Waals surface area contributed by atoms with Gasteiger partial charge in [0.1, 0.15) is 0 Å². The second-order valence-electron chi connectivity index (χ2n) is 11.2. The molecule has 2 aliphatic heterocycles. The molecular weight excluding hydrogens is 582 g/mol. The Bertz CT molecular complexity index is 1750. The van der Waals surface area contributed by atoms with Crippen LogP contribution < -0.4 is 0 Å². The molecule has 0 fully saturated rings. The van der Waals surface area contributed by atoms with E-state index in [0.29, 0.717) is 66.7 Å². The lowest BCUT2D eigenvalue weighted by Gasteiger charge is -2.29. The van der Waals surface area contributed by atoms with Gasteiger partial charge in [0.15, 0.2) is 0 Å². The molecule has 4 aromatic rings. The summed E-state index contributed by atoms with van der Waals surface area (Å²) < 4.78 is 0.857. The van der Waals surface area contributed by atoms with Crippen LogP contribution in [0.15, 0.2) is 59.1 Å². The largest absolute Gasteiger partial charge is 0.306 e. The Labute approximate surface area is 245 Å². The molecule has 0 saturated heterocycles. The molecule has 0 atom stereocenters. The van der Waals surface area contributed by atoms with Gasteiger partial charge in [-0.25, -0.2) is 0 Å². The Hall–Kier alpha value is -3.88. The summed E-state index contributed by atoms with van der Waals surface area (Å²) in [4.78, 5) is 57.9. The van der Waals surface area contributed by atoms with Crippen molar-refractivity contribution < 1.29 is 19.2 Å². The van der Waals surface area contributed by atoms with Crippen molar-refractivity contribution in [2.75, 3.05) is 33.2 Å². The first-order chi connectivity index (χ1) is 19.8. The number of halogens is 1. The van der Waals surface area contributed by atoms with E-state index in [9.17, 15) is 19.2 Å². The Morgan fingerprint density at radius 2 is 1.12 bits per heavy atom. The van der Waals surface area contributed by atoms with Crippen LogP contribution in [0.1, 0.15) is 65.4 Å². The molecule has 0 N–H and O–H groups in total. The lowest BCUT2D eigenvalue weighted by molar-refractivity contribution is 0.0596. The number of rotatable bonds is 8. The third kappa shape index (κ3) is 4.03. The molecule has 4 aromatic carbocycles. The van der Waals surface area contributed by atoms with E-state index in [-0.39, 0.29) is 23.6 Å². The van der Waals surface area contributed by atoms with Gasteiger partial charge in [-0.1, -0.05) is 40.2 Å². The molecule has 1 aliphatic carbocycles. The zero-order valence-electron chi connectivity index (χ0n) is 22.7. The number of carbonyl (C=O) groups is 4. The molecule has 0 saturated carbocycles. The highest BCUT2D eigenvalue weighted by Crippen LogP contribution is 2.38. The van der Waals surface area contributed by atoms with Gasteiger partial charge in [0.25, 0.3) is 23.6 Å². The van der Waals surface area contributed by atoms with Crippen molar-refractivity contribution in [1.29, 1.82) is 0 Å². The van der Waals surface area contributed by atoms with Crippen molar-refractivity contribution in [3.05, 3.63) is 92.5 Å². The monoisotopic (exact) mass is 609 g/mol. The maximum absolute atomic E-state index is 13.3. The standard InChI is InChI=1S/C33H28BrN3O4/c1-35(15-3-17-36-30(38)22-6-2-5-21-26(34)14-13-23(28(21)22)31(36)39)16-4-18-37-32(40)24-11-9-19-7-8-20-10-12-25(33(37)41)29(24)27(19)20/h2,5-6,9-14H,3-4,7-8,15-18H2,1H3. The summed E-state index contributed by atoms with van der Waals surface area (Å²) in [6.07, 6.45) is 3.16. The summed E-state index contributed by atoms with van der Waals surface area (Å²) in [5.74, 6) is -0.961. The highest BCUT2D eigenvalue weighted by Gasteiger charge is 2.35. The maximum Gasteiger partial charge on any atom is 0.261 e. The highest BCUT2D eigenvalue weighted by molar-refractivity contribution is 9.10. The quantitative estimate of drug-likeness (QED) is 0.248. The molecule has 7 nitrogen and oxygen atoms in total. The van der Waals surface area contributed by atoms with Gasteiger partial charge in [0.05, 0.1) is 0 Å². The molecule has 2 heterocycles. The Kier molecular flexibility index (Phi) is 6.28. The van der Waals surface area contributed by atoms with Crippen molar-refractivity contribution >= 4 is 61.1 Å². The van der Waals surface area contributed by atoms with Gasteiger partial charge >= 0.3 is 0 Å². The average Bonchev–Trinajstić information content (AvgIpc) is 3.40. The van der Waals surface area contributed by atoms with Crippen LogP contribution in [0.3, 0.4) is 0 Å². The van der Waals surface area contributed by atoms with E-state index in [4.69, 9.17) is 0 Å². The smallest absolute Gasteiger partial charge is 0.261 e. The van der Waals surface area contributed by atoms with E-state index >= 15 is 0 Å². The van der Waals surface area contributed by atoms with Gasteiger partial charge < -0.3 is 4.90 Å². The molecule has 0 aromatic heterocycles. The molecule has 0 radical (unpaired) electrons. The topological polar surface area (TPSA) is 78.0 Å². The van der Waals surface area contributed by atoms with Gasteiger partial charge in [-0.15, -0.1) is 0 Å².